The monoisotopic (exact) mass is 301 g/mol. The maximum Gasteiger partial charge on any atom is 0.281 e. The fourth-order valence-corrected chi connectivity index (χ4v) is 2.37. The van der Waals surface area contributed by atoms with Crippen molar-refractivity contribution in [2.24, 2.45) is 0 Å². The molecule has 1 rings (SSSR count). The summed E-state index contributed by atoms with van der Waals surface area (Å²) < 4.78 is 34.7. The second-order valence-electron chi connectivity index (χ2n) is 4.06. The molecule has 102 valence electrons. The van der Waals surface area contributed by atoms with Gasteiger partial charge in [0.25, 0.3) is 16.3 Å². The van der Waals surface area contributed by atoms with Crippen LogP contribution in [-0.4, -0.2) is 53.6 Å². The lowest BCUT2D eigenvalue weighted by atomic mass is 10.0. The molecule has 2 atom stereocenters. The first-order valence-electron chi connectivity index (χ1n) is 5.35. The molecule has 0 unspecified atom stereocenters. The number of hydrogen-bond acceptors (Lipinski definition) is 4. The number of hydrogen-bond donors (Lipinski definition) is 2. The van der Waals surface area contributed by atoms with Crippen molar-refractivity contribution in [2.45, 2.75) is 17.0 Å². The number of amides is 1. The zero-order valence-corrected chi connectivity index (χ0v) is 12.2. The van der Waals surface area contributed by atoms with Crippen molar-refractivity contribution in [2.75, 3.05) is 12.9 Å². The van der Waals surface area contributed by atoms with E-state index in [0.29, 0.717) is 5.56 Å². The molecular formula is C11H13AlFNO4S. The van der Waals surface area contributed by atoms with Crippen LogP contribution in [-0.2, 0) is 9.84 Å². The van der Waals surface area contributed by atoms with Crippen molar-refractivity contribution >= 4 is 30.9 Å². The van der Waals surface area contributed by atoms with E-state index in [1.54, 1.807) is 0 Å². The molecule has 1 amide bonds. The van der Waals surface area contributed by atoms with Gasteiger partial charge in [-0.15, -0.1) is 0 Å². The van der Waals surface area contributed by atoms with E-state index in [2.05, 4.69) is 5.32 Å². The second-order valence-corrected chi connectivity index (χ2v) is 6.60. The quantitative estimate of drug-likeness (QED) is 0.768. The minimum atomic E-state index is -3.32. The van der Waals surface area contributed by atoms with Gasteiger partial charge in [0, 0.05) is 6.26 Å². The molecule has 5 nitrogen and oxygen atoms in total. The van der Waals surface area contributed by atoms with Gasteiger partial charge in [-0.05, 0) is 17.7 Å². The Bertz CT molecular complexity index is 546. The molecule has 0 aromatic heterocycles. The van der Waals surface area contributed by atoms with Crippen molar-refractivity contribution in [1.82, 2.24) is 5.32 Å². The van der Waals surface area contributed by atoms with E-state index in [0.717, 1.165) is 6.26 Å². The molecule has 0 heterocycles. The molecule has 0 spiro atoms. The fraction of sp³-hybridized carbons (Fsp3) is 0.364. The third kappa shape index (κ3) is 4.58. The number of carbonyl (C=O) groups is 1. The van der Waals surface area contributed by atoms with E-state index in [9.17, 15) is 22.7 Å². The average molecular weight is 301 g/mol. The van der Waals surface area contributed by atoms with Crippen LogP contribution in [0.1, 0.15) is 11.7 Å². The third-order valence-corrected chi connectivity index (χ3v) is 3.82. The largest absolute Gasteiger partial charge is 0.386 e. The summed E-state index contributed by atoms with van der Waals surface area (Å²) in [6, 6.07) is 4.35. The van der Waals surface area contributed by atoms with E-state index in [4.69, 9.17) is 0 Å². The van der Waals surface area contributed by atoms with Crippen LogP contribution in [0.25, 0.3) is 0 Å². The van der Waals surface area contributed by atoms with Gasteiger partial charge in [-0.2, -0.15) is 0 Å². The van der Waals surface area contributed by atoms with Gasteiger partial charge in [0.15, 0.2) is 9.84 Å². The molecule has 0 aliphatic carbocycles. The first-order valence-corrected chi connectivity index (χ1v) is 7.82. The van der Waals surface area contributed by atoms with E-state index in [-0.39, 0.29) is 4.90 Å². The predicted octanol–water partition coefficient (Wildman–Crippen LogP) is 0.340. The molecule has 1 aromatic rings. The number of alkyl halides is 1. The van der Waals surface area contributed by atoms with Crippen LogP contribution in [0, 0.1) is 0 Å². The molecule has 8 heteroatoms. The number of nitrogens with one attached hydrogen (secondary N) is 1. The molecule has 2 N–H and O–H groups in total. The molecule has 0 bridgehead atoms. The Morgan fingerprint density at radius 2 is 1.95 bits per heavy atom. The van der Waals surface area contributed by atoms with Crippen molar-refractivity contribution in [3.63, 3.8) is 0 Å². The van der Waals surface area contributed by atoms with Gasteiger partial charge in [0.05, 0.1) is 15.7 Å². The van der Waals surface area contributed by atoms with Gasteiger partial charge in [0.2, 0.25) is 0 Å². The average Bonchev–Trinajstić information content (AvgIpc) is 2.34. The Hall–Kier alpha value is -0.938. The van der Waals surface area contributed by atoms with Gasteiger partial charge in [-0.3, -0.25) is 0 Å². The lowest BCUT2D eigenvalue weighted by Crippen LogP contribution is -2.40. The summed E-state index contributed by atoms with van der Waals surface area (Å²) in [4.78, 5) is 10.9. The number of carbonyl (C=O) groups excluding carboxylic acids is 1. The van der Waals surface area contributed by atoms with Gasteiger partial charge in [-0.1, -0.05) is 12.1 Å². The highest BCUT2D eigenvalue weighted by Crippen LogP contribution is 2.19. The Morgan fingerprint density at radius 3 is 2.32 bits per heavy atom. The number of benzene rings is 1. The Labute approximate surface area is 119 Å². The summed E-state index contributed by atoms with van der Waals surface area (Å²) in [7, 11) is -3.32. The summed E-state index contributed by atoms with van der Waals surface area (Å²) >= 11 is 1.83. The van der Waals surface area contributed by atoms with Crippen molar-refractivity contribution < 1.29 is 22.7 Å². The first kappa shape index (κ1) is 16.1. The predicted molar refractivity (Wildman–Crippen MR) is 68.6 cm³/mol. The summed E-state index contributed by atoms with van der Waals surface area (Å²) in [5, 5.41) is 12.2. The molecule has 0 saturated carbocycles. The summed E-state index contributed by atoms with van der Waals surface area (Å²) in [6.45, 7) is -0.935. The molecule has 1 aromatic carbocycles. The summed E-state index contributed by atoms with van der Waals surface area (Å²) in [5.74, 6) is 0. The zero-order chi connectivity index (χ0) is 14.6. The van der Waals surface area contributed by atoms with Crippen LogP contribution in [0.5, 0.6) is 0 Å². The number of halogens is 1. The minimum absolute atomic E-state index is 0.107. The highest BCUT2D eigenvalue weighted by Gasteiger charge is 2.21. The maximum absolute atomic E-state index is 12.7. The Kier molecular flexibility index (Phi) is 5.50. The number of aliphatic hydroxyl groups excluding tert-OH is 1. The second kappa shape index (κ2) is 6.48. The van der Waals surface area contributed by atoms with Crippen LogP contribution in [0.3, 0.4) is 0 Å². The van der Waals surface area contributed by atoms with Gasteiger partial charge in [0.1, 0.15) is 12.8 Å². The van der Waals surface area contributed by atoms with Crippen LogP contribution in [0.4, 0.5) is 9.18 Å². The Morgan fingerprint density at radius 1 is 1.42 bits per heavy atom. The molecule has 19 heavy (non-hydrogen) atoms. The normalized spacial score (nSPS) is 14.7. The highest BCUT2D eigenvalue weighted by molar-refractivity contribution is 7.90. The lowest BCUT2D eigenvalue weighted by molar-refractivity contribution is 0.118. The fourth-order valence-electron chi connectivity index (χ4n) is 1.53. The highest BCUT2D eigenvalue weighted by atomic mass is 32.2. The topological polar surface area (TPSA) is 83.5 Å². The van der Waals surface area contributed by atoms with Crippen LogP contribution < -0.4 is 5.32 Å². The van der Waals surface area contributed by atoms with Crippen LogP contribution in [0.15, 0.2) is 29.2 Å². The standard InChI is InChI=1S/C11H13FNO4S.Al/c1-18(16,17)9-4-2-8(3-5-9)11(15)10(6-12)13-7-14;/h2-5,10-11,15H,6H2,1H3,(H,13,14);/t10-,11-;/m1./s1. The molecule has 0 aliphatic heterocycles. The molecule has 2 radical (unpaired) electrons. The van der Waals surface area contributed by atoms with E-state index < -0.39 is 33.4 Å². The molecule has 0 aliphatic rings. The molecule has 0 saturated heterocycles. The third-order valence-electron chi connectivity index (χ3n) is 2.52. The number of sulfone groups is 1. The van der Waals surface area contributed by atoms with Gasteiger partial charge < -0.3 is 15.2 Å². The molecular weight excluding hydrogens is 288 g/mol. The first-order chi connectivity index (χ1) is 8.75. The van der Waals surface area contributed by atoms with Gasteiger partial charge >= 0.3 is 0 Å². The SMILES string of the molecule is CS(=O)(=O)c1ccc([C@@H](O)[C@@H](CF)N[C](=O)[Al])cc1. The van der Waals surface area contributed by atoms with Crippen LogP contribution in [0.2, 0.25) is 0 Å². The van der Waals surface area contributed by atoms with E-state index in [1.807, 2.05) is 16.3 Å². The van der Waals surface area contributed by atoms with Crippen molar-refractivity contribution in [3.05, 3.63) is 29.8 Å². The summed E-state index contributed by atoms with van der Waals surface area (Å²) in [6.07, 6.45) is -0.180. The van der Waals surface area contributed by atoms with Crippen molar-refractivity contribution in [3.8, 4) is 0 Å². The minimum Gasteiger partial charge on any atom is -0.386 e. The van der Waals surface area contributed by atoms with Crippen LogP contribution >= 0.6 is 0 Å². The van der Waals surface area contributed by atoms with Gasteiger partial charge in [-0.25, -0.2) is 12.8 Å². The summed E-state index contributed by atoms with van der Waals surface area (Å²) in [5.41, 5.74) is 0.328. The van der Waals surface area contributed by atoms with Crippen molar-refractivity contribution in [1.29, 1.82) is 0 Å². The molecule has 0 fully saturated rings. The Balaban J connectivity index is 2.93. The number of rotatable bonds is 5. The maximum atomic E-state index is 12.7. The zero-order valence-electron chi connectivity index (χ0n) is 10.2. The van der Waals surface area contributed by atoms with E-state index in [1.165, 1.54) is 24.3 Å². The smallest absolute Gasteiger partial charge is 0.281 e. The van der Waals surface area contributed by atoms with E-state index >= 15 is 0 Å². The lowest BCUT2D eigenvalue weighted by Gasteiger charge is -2.21. The number of aliphatic hydroxyl groups is 1.